The van der Waals surface area contributed by atoms with Gasteiger partial charge in [0.05, 0.1) is 11.5 Å². The molecule has 1 aliphatic heterocycles. The molecule has 10 heteroatoms. The smallest absolute Gasteiger partial charge is 0.321 e. The van der Waals surface area contributed by atoms with Gasteiger partial charge in [0.1, 0.15) is 0 Å². The molecule has 1 saturated heterocycles. The minimum atomic E-state index is -3.01. The third-order valence-corrected chi connectivity index (χ3v) is 4.06. The van der Waals surface area contributed by atoms with Gasteiger partial charge in [0, 0.05) is 6.04 Å². The number of anilines is 2. The number of carbonyl (C=O) groups excluding carboxylic acids is 1. The van der Waals surface area contributed by atoms with E-state index in [1.807, 2.05) is 0 Å². The number of nitrogens with zero attached hydrogens (tertiary/aromatic N) is 2. The average molecular weight is 260 g/mol. The highest BCUT2D eigenvalue weighted by Crippen LogP contribution is 2.11. The molecule has 1 atom stereocenters. The highest BCUT2D eigenvalue weighted by molar-refractivity contribution is 7.91. The van der Waals surface area contributed by atoms with Crippen molar-refractivity contribution in [1.29, 1.82) is 0 Å². The molecule has 17 heavy (non-hydrogen) atoms. The second kappa shape index (κ2) is 4.20. The predicted molar refractivity (Wildman–Crippen MR) is 60.0 cm³/mol. The highest BCUT2D eigenvalue weighted by atomic mass is 32.2. The number of hydrogen-bond acceptors (Lipinski definition) is 6. The number of H-pyrrole nitrogens is 1. The summed E-state index contributed by atoms with van der Waals surface area (Å²) in [4.78, 5) is 15.1. The van der Waals surface area contributed by atoms with E-state index in [1.165, 1.54) is 0 Å². The first-order chi connectivity index (χ1) is 7.94. The molecule has 2 amide bonds. The van der Waals surface area contributed by atoms with Gasteiger partial charge in [-0.2, -0.15) is 4.98 Å². The lowest BCUT2D eigenvalue weighted by atomic mass is 10.3. The van der Waals surface area contributed by atoms with Gasteiger partial charge in [-0.3, -0.25) is 5.32 Å². The number of sulfone groups is 1. The zero-order valence-corrected chi connectivity index (χ0v) is 9.62. The Morgan fingerprint density at radius 1 is 1.53 bits per heavy atom. The third-order valence-electron chi connectivity index (χ3n) is 2.30. The average Bonchev–Trinajstić information content (AvgIpc) is 2.73. The SMILES string of the molecule is Nc1nc(NC(=O)NC2CCS(=O)(=O)C2)n[nH]1. The van der Waals surface area contributed by atoms with Crippen LogP contribution in [-0.4, -0.2) is 47.2 Å². The molecule has 0 aliphatic carbocycles. The van der Waals surface area contributed by atoms with Crippen LogP contribution < -0.4 is 16.4 Å². The molecule has 1 unspecified atom stereocenters. The van der Waals surface area contributed by atoms with Crippen LogP contribution >= 0.6 is 0 Å². The Bertz CT molecular complexity index is 523. The quantitative estimate of drug-likeness (QED) is 0.520. The number of amides is 2. The number of nitrogens with one attached hydrogen (secondary N) is 3. The van der Waals surface area contributed by atoms with Gasteiger partial charge in [0.15, 0.2) is 9.84 Å². The van der Waals surface area contributed by atoms with Crippen molar-refractivity contribution in [1.82, 2.24) is 20.5 Å². The van der Waals surface area contributed by atoms with E-state index in [2.05, 4.69) is 25.8 Å². The fourth-order valence-corrected chi connectivity index (χ4v) is 3.24. The molecule has 2 rings (SSSR count). The van der Waals surface area contributed by atoms with E-state index in [0.717, 1.165) is 0 Å². The maximum Gasteiger partial charge on any atom is 0.321 e. The van der Waals surface area contributed by atoms with Crippen molar-refractivity contribution in [3.05, 3.63) is 0 Å². The molecule has 0 bridgehead atoms. The Morgan fingerprint density at radius 2 is 2.29 bits per heavy atom. The second-order valence-corrected chi connectivity index (χ2v) is 5.97. The number of aromatic amines is 1. The first-order valence-electron chi connectivity index (χ1n) is 4.90. The molecular formula is C7H12N6O3S. The molecule has 1 aliphatic rings. The largest absolute Gasteiger partial charge is 0.368 e. The summed E-state index contributed by atoms with van der Waals surface area (Å²) in [6, 6.07) is -0.914. The molecule has 0 aromatic carbocycles. The standard InChI is InChI=1S/C7H12N6O3S/c8-5-10-6(13-12-5)11-7(14)9-4-1-2-17(15,16)3-4/h4H,1-3H2,(H5,8,9,10,11,12,13,14). The first kappa shape index (κ1) is 11.6. The molecule has 2 heterocycles. The minimum absolute atomic E-state index is 0.0312. The van der Waals surface area contributed by atoms with Gasteiger partial charge in [-0.25, -0.2) is 18.3 Å². The molecular weight excluding hydrogens is 248 g/mol. The number of aromatic nitrogens is 3. The molecule has 1 aromatic heterocycles. The van der Waals surface area contributed by atoms with E-state index >= 15 is 0 Å². The number of urea groups is 1. The van der Waals surface area contributed by atoms with Gasteiger partial charge < -0.3 is 11.1 Å². The summed E-state index contributed by atoms with van der Waals surface area (Å²) >= 11 is 0. The zero-order chi connectivity index (χ0) is 12.5. The lowest BCUT2D eigenvalue weighted by Gasteiger charge is -2.09. The van der Waals surface area contributed by atoms with Crippen LogP contribution in [0.1, 0.15) is 6.42 Å². The van der Waals surface area contributed by atoms with Crippen molar-refractivity contribution >= 4 is 27.8 Å². The molecule has 0 radical (unpaired) electrons. The van der Waals surface area contributed by atoms with E-state index in [-0.39, 0.29) is 29.4 Å². The summed E-state index contributed by atoms with van der Waals surface area (Å²) in [6.07, 6.45) is 0.423. The van der Waals surface area contributed by atoms with Gasteiger partial charge in [-0.1, -0.05) is 0 Å². The van der Waals surface area contributed by atoms with E-state index in [0.29, 0.717) is 6.42 Å². The Labute approximate surface area is 97.1 Å². The Morgan fingerprint density at radius 3 is 2.82 bits per heavy atom. The predicted octanol–water partition coefficient (Wildman–Crippen LogP) is -1.30. The van der Waals surface area contributed by atoms with Crippen molar-refractivity contribution in [3.8, 4) is 0 Å². The van der Waals surface area contributed by atoms with E-state index < -0.39 is 15.9 Å². The Hall–Kier alpha value is -1.84. The first-order valence-corrected chi connectivity index (χ1v) is 6.72. The monoisotopic (exact) mass is 260 g/mol. The van der Waals surface area contributed by atoms with Crippen LogP contribution in [0, 0.1) is 0 Å². The number of rotatable bonds is 2. The van der Waals surface area contributed by atoms with Gasteiger partial charge in [-0.15, -0.1) is 5.10 Å². The summed E-state index contributed by atoms with van der Waals surface area (Å²) < 4.78 is 22.3. The Kier molecular flexibility index (Phi) is 2.88. The molecule has 1 fully saturated rings. The van der Waals surface area contributed by atoms with Gasteiger partial charge in [-0.05, 0) is 6.42 Å². The maximum atomic E-state index is 11.4. The van der Waals surface area contributed by atoms with Crippen molar-refractivity contribution in [2.75, 3.05) is 22.6 Å². The molecule has 0 saturated carbocycles. The van der Waals surface area contributed by atoms with Crippen LogP contribution in [0.2, 0.25) is 0 Å². The molecule has 94 valence electrons. The van der Waals surface area contributed by atoms with Crippen molar-refractivity contribution in [2.24, 2.45) is 0 Å². The Balaban J connectivity index is 1.86. The number of nitrogen functional groups attached to an aromatic ring is 1. The topological polar surface area (TPSA) is 143 Å². The van der Waals surface area contributed by atoms with Crippen LogP contribution in [0.3, 0.4) is 0 Å². The third kappa shape index (κ3) is 3.06. The van der Waals surface area contributed by atoms with E-state index in [9.17, 15) is 13.2 Å². The molecule has 5 N–H and O–H groups in total. The zero-order valence-electron chi connectivity index (χ0n) is 8.80. The van der Waals surface area contributed by atoms with Crippen LogP contribution in [0.4, 0.5) is 16.7 Å². The number of carbonyl (C=O) groups is 1. The van der Waals surface area contributed by atoms with Crippen molar-refractivity contribution in [2.45, 2.75) is 12.5 Å². The van der Waals surface area contributed by atoms with Crippen LogP contribution in [0.25, 0.3) is 0 Å². The normalized spacial score (nSPS) is 22.2. The lowest BCUT2D eigenvalue weighted by Crippen LogP contribution is -2.38. The minimum Gasteiger partial charge on any atom is -0.368 e. The summed E-state index contributed by atoms with van der Waals surface area (Å²) in [5.74, 6) is 0.201. The van der Waals surface area contributed by atoms with Crippen molar-refractivity contribution < 1.29 is 13.2 Å². The van der Waals surface area contributed by atoms with Crippen LogP contribution in [-0.2, 0) is 9.84 Å². The molecule has 0 spiro atoms. The van der Waals surface area contributed by atoms with Crippen LogP contribution in [0.15, 0.2) is 0 Å². The number of hydrogen-bond donors (Lipinski definition) is 4. The maximum absolute atomic E-state index is 11.4. The summed E-state index contributed by atoms with van der Waals surface area (Å²) in [6.45, 7) is 0. The fraction of sp³-hybridized carbons (Fsp3) is 0.571. The molecule has 9 nitrogen and oxygen atoms in total. The second-order valence-electron chi connectivity index (χ2n) is 3.74. The number of nitrogens with two attached hydrogens (primary N) is 1. The fourth-order valence-electron chi connectivity index (χ4n) is 1.56. The highest BCUT2D eigenvalue weighted by Gasteiger charge is 2.29. The van der Waals surface area contributed by atoms with E-state index in [1.54, 1.807) is 0 Å². The van der Waals surface area contributed by atoms with Gasteiger partial charge in [0.25, 0.3) is 5.95 Å². The van der Waals surface area contributed by atoms with Crippen LogP contribution in [0.5, 0.6) is 0 Å². The van der Waals surface area contributed by atoms with Gasteiger partial charge in [0.2, 0.25) is 5.95 Å². The summed E-state index contributed by atoms with van der Waals surface area (Å²) in [5, 5.41) is 10.8. The van der Waals surface area contributed by atoms with Gasteiger partial charge >= 0.3 is 6.03 Å². The summed E-state index contributed by atoms with van der Waals surface area (Å²) in [7, 11) is -3.01. The lowest BCUT2D eigenvalue weighted by molar-refractivity contribution is 0.249. The molecule has 1 aromatic rings. The van der Waals surface area contributed by atoms with E-state index in [4.69, 9.17) is 5.73 Å². The van der Waals surface area contributed by atoms with Crippen molar-refractivity contribution in [3.63, 3.8) is 0 Å². The summed E-state index contributed by atoms with van der Waals surface area (Å²) in [5.41, 5.74) is 5.27.